The van der Waals surface area contributed by atoms with Crippen LogP contribution in [0.4, 0.5) is 5.69 Å². The van der Waals surface area contributed by atoms with Crippen molar-refractivity contribution in [3.05, 3.63) is 47.0 Å². The van der Waals surface area contributed by atoms with Crippen LogP contribution in [0, 0.1) is 20.8 Å². The molecule has 1 fully saturated rings. The summed E-state index contributed by atoms with van der Waals surface area (Å²) in [6.07, 6.45) is 2.01. The van der Waals surface area contributed by atoms with Gasteiger partial charge in [-0.05, 0) is 56.9 Å². The smallest absolute Gasteiger partial charge is 0.246 e. The summed E-state index contributed by atoms with van der Waals surface area (Å²) < 4.78 is 36.7. The number of carbonyl (C=O) groups is 1. The lowest BCUT2D eigenvalue weighted by atomic mass is 10.0. The number of carbonyl (C=O) groups excluding carboxylic acids is 1. The third-order valence-corrected chi connectivity index (χ3v) is 8.00. The summed E-state index contributed by atoms with van der Waals surface area (Å²) in [5.41, 5.74) is 4.70. The molecule has 30 heavy (non-hydrogen) atoms. The fourth-order valence-corrected chi connectivity index (χ4v) is 6.57. The molecule has 1 saturated heterocycles. The number of amides is 1. The first kappa shape index (κ1) is 20.9. The number of piperidine rings is 1. The third-order valence-electron chi connectivity index (χ3n) is 5.52. The van der Waals surface area contributed by atoms with Crippen molar-refractivity contribution in [1.82, 2.24) is 13.1 Å². The molecular weight excluding hydrogens is 420 g/mol. The molecule has 158 valence electrons. The van der Waals surface area contributed by atoms with Crippen LogP contribution < -0.4 is 5.32 Å². The van der Waals surface area contributed by atoms with Crippen LogP contribution in [-0.2, 0) is 14.8 Å². The Morgan fingerprint density at radius 2 is 1.87 bits per heavy atom. The maximum atomic E-state index is 13.5. The summed E-state index contributed by atoms with van der Waals surface area (Å²) in [6.45, 7) is 6.21. The minimum atomic E-state index is -3.90. The summed E-state index contributed by atoms with van der Waals surface area (Å²) in [5, 5.41) is 2.99. The van der Waals surface area contributed by atoms with Gasteiger partial charge in [-0.3, -0.25) is 4.79 Å². The van der Waals surface area contributed by atoms with Crippen molar-refractivity contribution in [3.8, 4) is 0 Å². The highest BCUT2D eigenvalue weighted by Gasteiger charge is 2.39. The predicted octanol–water partition coefficient (Wildman–Crippen LogP) is 3.80. The Kier molecular flexibility index (Phi) is 5.61. The largest absolute Gasteiger partial charge is 0.324 e. The molecule has 3 aromatic rings. The van der Waals surface area contributed by atoms with E-state index in [1.54, 1.807) is 12.1 Å². The van der Waals surface area contributed by atoms with E-state index >= 15 is 0 Å². The minimum Gasteiger partial charge on any atom is -0.324 e. The van der Waals surface area contributed by atoms with Crippen molar-refractivity contribution >= 4 is 44.4 Å². The van der Waals surface area contributed by atoms with Crippen molar-refractivity contribution in [2.45, 2.75) is 51.0 Å². The van der Waals surface area contributed by atoms with Crippen LogP contribution >= 0.6 is 11.7 Å². The SMILES string of the molecule is Cc1cc(C)c(NC(=O)C2CCCCN2S(=O)(=O)c2cccc3nsnc23)c(C)c1. The van der Waals surface area contributed by atoms with Gasteiger partial charge in [0, 0.05) is 12.2 Å². The van der Waals surface area contributed by atoms with Crippen molar-refractivity contribution in [1.29, 1.82) is 0 Å². The summed E-state index contributed by atoms with van der Waals surface area (Å²) in [6, 6.07) is 8.19. The van der Waals surface area contributed by atoms with Gasteiger partial charge >= 0.3 is 0 Å². The molecule has 0 aliphatic carbocycles. The first-order valence-corrected chi connectivity index (χ1v) is 12.1. The zero-order chi connectivity index (χ0) is 21.5. The fourth-order valence-electron chi connectivity index (χ4n) is 4.15. The predicted molar refractivity (Wildman–Crippen MR) is 118 cm³/mol. The molecule has 1 unspecified atom stereocenters. The van der Waals surface area contributed by atoms with Crippen LogP contribution in [-0.4, -0.2) is 40.0 Å². The number of aryl methyl sites for hydroxylation is 3. The number of aromatic nitrogens is 2. The first-order valence-electron chi connectivity index (χ1n) is 9.91. The zero-order valence-electron chi connectivity index (χ0n) is 17.2. The van der Waals surface area contributed by atoms with Crippen LogP contribution in [0.2, 0.25) is 0 Å². The molecule has 4 rings (SSSR count). The van der Waals surface area contributed by atoms with E-state index in [2.05, 4.69) is 14.1 Å². The number of hydrogen-bond acceptors (Lipinski definition) is 6. The minimum absolute atomic E-state index is 0.108. The van der Waals surface area contributed by atoms with E-state index in [-0.39, 0.29) is 10.8 Å². The fraction of sp³-hybridized carbons (Fsp3) is 0.381. The van der Waals surface area contributed by atoms with Gasteiger partial charge < -0.3 is 5.32 Å². The Bertz CT molecular complexity index is 1200. The topological polar surface area (TPSA) is 92.3 Å². The number of fused-ring (bicyclic) bond motifs is 1. The Morgan fingerprint density at radius 3 is 2.60 bits per heavy atom. The molecule has 0 spiro atoms. The van der Waals surface area contributed by atoms with E-state index in [9.17, 15) is 13.2 Å². The van der Waals surface area contributed by atoms with E-state index < -0.39 is 16.1 Å². The molecule has 1 amide bonds. The average Bonchev–Trinajstić information content (AvgIpc) is 3.19. The molecule has 0 bridgehead atoms. The van der Waals surface area contributed by atoms with Crippen LogP contribution in [0.1, 0.15) is 36.0 Å². The normalized spacial score (nSPS) is 17.9. The Balaban J connectivity index is 1.68. The van der Waals surface area contributed by atoms with Gasteiger partial charge in [-0.2, -0.15) is 13.1 Å². The number of nitrogens with zero attached hydrogens (tertiary/aromatic N) is 3. The molecule has 1 aliphatic heterocycles. The maximum absolute atomic E-state index is 13.5. The number of sulfonamides is 1. The van der Waals surface area contributed by atoms with Crippen molar-refractivity contribution in [2.75, 3.05) is 11.9 Å². The molecule has 1 atom stereocenters. The Morgan fingerprint density at radius 1 is 1.13 bits per heavy atom. The van der Waals surface area contributed by atoms with Crippen molar-refractivity contribution < 1.29 is 13.2 Å². The third kappa shape index (κ3) is 3.73. The lowest BCUT2D eigenvalue weighted by Gasteiger charge is -2.34. The molecule has 9 heteroatoms. The monoisotopic (exact) mass is 444 g/mol. The molecule has 2 aromatic carbocycles. The average molecular weight is 445 g/mol. The van der Waals surface area contributed by atoms with Gasteiger partial charge in [0.05, 0.1) is 11.7 Å². The van der Waals surface area contributed by atoms with E-state index in [4.69, 9.17) is 0 Å². The molecule has 7 nitrogen and oxygen atoms in total. The maximum Gasteiger partial charge on any atom is 0.246 e. The molecular formula is C21H24N4O3S2. The standard InChI is InChI=1S/C21H24N4O3S2/c1-13-11-14(2)19(15(3)12-13)22-21(26)17-8-4-5-10-25(17)30(27,28)18-9-6-7-16-20(18)24-29-23-16/h6-7,9,11-12,17H,4-5,8,10H2,1-3H3,(H,22,26). The number of hydrogen-bond donors (Lipinski definition) is 1. The van der Waals surface area contributed by atoms with E-state index in [1.165, 1.54) is 10.4 Å². The highest BCUT2D eigenvalue weighted by Crippen LogP contribution is 2.30. The number of benzene rings is 2. The molecule has 1 aliphatic rings. The van der Waals surface area contributed by atoms with Crippen LogP contribution in [0.5, 0.6) is 0 Å². The molecule has 1 N–H and O–H groups in total. The summed E-state index contributed by atoms with van der Waals surface area (Å²) in [5.74, 6) is -0.295. The van der Waals surface area contributed by atoms with Gasteiger partial charge in [0.15, 0.2) is 0 Å². The van der Waals surface area contributed by atoms with E-state index in [0.717, 1.165) is 46.9 Å². The van der Waals surface area contributed by atoms with Crippen LogP contribution in [0.25, 0.3) is 11.0 Å². The zero-order valence-corrected chi connectivity index (χ0v) is 18.8. The second kappa shape index (κ2) is 8.05. The molecule has 0 radical (unpaired) electrons. The number of rotatable bonds is 4. The summed E-state index contributed by atoms with van der Waals surface area (Å²) in [7, 11) is -3.90. The highest BCUT2D eigenvalue weighted by atomic mass is 32.2. The Labute approximate surface area is 180 Å². The van der Waals surface area contributed by atoms with Gasteiger partial charge in [-0.1, -0.05) is 30.2 Å². The summed E-state index contributed by atoms with van der Waals surface area (Å²) in [4.78, 5) is 13.3. The van der Waals surface area contributed by atoms with Gasteiger partial charge in [-0.15, -0.1) is 0 Å². The van der Waals surface area contributed by atoms with Crippen LogP contribution in [0.15, 0.2) is 35.2 Å². The molecule has 2 heterocycles. The molecule has 1 aromatic heterocycles. The van der Waals surface area contributed by atoms with Crippen LogP contribution in [0.3, 0.4) is 0 Å². The number of anilines is 1. The van der Waals surface area contributed by atoms with E-state index in [1.807, 2.05) is 32.9 Å². The number of nitrogens with one attached hydrogen (secondary N) is 1. The quantitative estimate of drug-likeness (QED) is 0.661. The lowest BCUT2D eigenvalue weighted by Crippen LogP contribution is -2.50. The second-order valence-electron chi connectivity index (χ2n) is 7.78. The van der Waals surface area contributed by atoms with Crippen molar-refractivity contribution in [2.24, 2.45) is 0 Å². The van der Waals surface area contributed by atoms with Gasteiger partial charge in [0.25, 0.3) is 0 Å². The van der Waals surface area contributed by atoms with Gasteiger partial charge in [-0.25, -0.2) is 8.42 Å². The highest BCUT2D eigenvalue weighted by molar-refractivity contribution is 7.89. The first-order chi connectivity index (χ1) is 14.3. The Hall–Kier alpha value is -2.36. The summed E-state index contributed by atoms with van der Waals surface area (Å²) >= 11 is 0.981. The van der Waals surface area contributed by atoms with Crippen molar-refractivity contribution in [3.63, 3.8) is 0 Å². The van der Waals surface area contributed by atoms with Gasteiger partial charge in [0.1, 0.15) is 22.0 Å². The van der Waals surface area contributed by atoms with E-state index in [0.29, 0.717) is 24.0 Å². The molecule has 0 saturated carbocycles. The lowest BCUT2D eigenvalue weighted by molar-refractivity contribution is -0.120. The second-order valence-corrected chi connectivity index (χ2v) is 10.2. The van der Waals surface area contributed by atoms with Gasteiger partial charge in [0.2, 0.25) is 15.9 Å².